The lowest BCUT2D eigenvalue weighted by atomic mass is 9.72. The Morgan fingerprint density at radius 1 is 1.06 bits per heavy atom. The van der Waals surface area contributed by atoms with E-state index in [9.17, 15) is 56.8 Å². The Bertz CT molecular complexity index is 1870. The zero-order valence-corrected chi connectivity index (χ0v) is 27.8. The number of hydrogen-bond donors (Lipinski definition) is 8. The van der Waals surface area contributed by atoms with Gasteiger partial charge in [0, 0.05) is 42.0 Å². The molecule has 5 rings (SSSR count). The average molecular weight is 734 g/mol. The van der Waals surface area contributed by atoms with Crippen molar-refractivity contribution in [3.05, 3.63) is 51.6 Å². The maximum Gasteiger partial charge on any atom is 0.284 e. The number of rotatable bonds is 7. The molecule has 6 atom stereocenters. The molecule has 0 amide bonds. The highest BCUT2D eigenvalue weighted by molar-refractivity contribution is 8.03. The van der Waals surface area contributed by atoms with E-state index in [-0.39, 0.29) is 34.4 Å². The lowest BCUT2D eigenvalue weighted by Crippen LogP contribution is -2.53. The molecule has 3 aliphatic rings. The second-order valence-corrected chi connectivity index (χ2v) is 15.5. The highest BCUT2D eigenvalue weighted by Crippen LogP contribution is 2.52. The number of hydrogen-bond acceptors (Lipinski definition) is 16. The number of Topliss-reactive ketones (excluding diaryl/α,β-unsaturated/α-hetero) is 1. The molecule has 270 valence electrons. The number of aliphatic hydroxyl groups is 3. The van der Waals surface area contributed by atoms with Crippen LogP contribution in [-0.4, -0.2) is 117 Å². The van der Waals surface area contributed by atoms with Crippen molar-refractivity contribution >= 4 is 37.6 Å². The minimum Gasteiger partial charge on any atom is -0.507 e. The van der Waals surface area contributed by atoms with Gasteiger partial charge in [-0.2, -0.15) is 16.8 Å². The monoisotopic (exact) mass is 733 g/mol. The number of ether oxygens (including phenoxy) is 3. The lowest BCUT2D eigenvalue weighted by Gasteiger charge is -2.42. The third-order valence-electron chi connectivity index (χ3n) is 8.64. The third-order valence-corrected chi connectivity index (χ3v) is 11.8. The minimum atomic E-state index is -4.70. The van der Waals surface area contributed by atoms with E-state index in [1.54, 1.807) is 6.92 Å². The molecule has 1 aliphatic heterocycles. The molecule has 1 saturated heterocycles. The van der Waals surface area contributed by atoms with Crippen molar-refractivity contribution in [2.75, 3.05) is 13.7 Å². The molecular formula is C29H35NO17S2. The molecule has 0 spiro atoms. The molecule has 0 unspecified atom stereocenters. The van der Waals surface area contributed by atoms with Gasteiger partial charge in [0.25, 0.3) is 20.2 Å². The van der Waals surface area contributed by atoms with E-state index in [0.717, 1.165) is 0 Å². The summed E-state index contributed by atoms with van der Waals surface area (Å²) in [6.07, 6.45) is -5.12. The molecule has 0 aromatic heterocycles. The predicted octanol–water partition coefficient (Wildman–Crippen LogP) is -0.891. The van der Waals surface area contributed by atoms with Crippen LogP contribution >= 0.6 is 0 Å². The van der Waals surface area contributed by atoms with E-state index in [4.69, 9.17) is 29.0 Å². The normalized spacial score (nSPS) is 26.6. The van der Waals surface area contributed by atoms with Gasteiger partial charge in [0.2, 0.25) is 10.4 Å². The summed E-state index contributed by atoms with van der Waals surface area (Å²) in [6, 6.07) is 3.64. The lowest BCUT2D eigenvalue weighted by molar-refractivity contribution is -0.247. The molecule has 0 bridgehead atoms. The van der Waals surface area contributed by atoms with Gasteiger partial charge in [-0.25, -0.2) is 0 Å². The summed E-state index contributed by atoms with van der Waals surface area (Å²) in [5.74, 6) is -3.77. The standard InChI is InChI=1S/C27H29NO11.C2H6O6S2/c1-10-22(31)13(28)6-17(38-10)39-15-8-27(36,16(30)9-29)7-12-19(15)26(35)21-20(24(12)33)23(32)11-4-3-5-14(37-2)18(11)25(21)34;1-2(9(3,4)5)10(6,7)8/h3-5,10,13,15,17,22,29,31,33,35-36H,6-9,28H2,1-2H3;2H,1H3,(H,3,4,5)(H,6,7,8)/t10-,13-,15-,17-,22-,27-;/m0./s1. The summed E-state index contributed by atoms with van der Waals surface area (Å²) >= 11 is 0. The molecule has 1 heterocycles. The number of fused-ring (bicyclic) bond motifs is 3. The molecule has 0 saturated carbocycles. The summed E-state index contributed by atoms with van der Waals surface area (Å²) in [6.45, 7) is 1.22. The van der Waals surface area contributed by atoms with Gasteiger partial charge in [-0.05, 0) is 19.9 Å². The Hall–Kier alpha value is -3.57. The second kappa shape index (κ2) is 13.6. The molecule has 2 aromatic carbocycles. The van der Waals surface area contributed by atoms with Crippen molar-refractivity contribution in [1.82, 2.24) is 0 Å². The number of ketones is 3. The van der Waals surface area contributed by atoms with E-state index in [1.807, 2.05) is 0 Å². The molecular weight excluding hydrogens is 698 g/mol. The SMILES string of the molecule is CC(S(=O)(=O)O)S(=O)(=O)O.COc1cccc2c1C(=O)c1c(O)c3c(c(O)c1C2=O)C[C@@](O)(C(=O)CO)C[C@@H]3O[C@H]1C[C@H](N)[C@@H](O)[C@H](C)O1. The summed E-state index contributed by atoms with van der Waals surface area (Å²) < 4.78 is 70.9. The molecule has 1 fully saturated rings. The number of carbonyl (C=O) groups is 3. The van der Waals surface area contributed by atoms with Crippen molar-refractivity contribution in [2.45, 2.75) is 73.9 Å². The average Bonchev–Trinajstić information content (AvgIpc) is 3.02. The van der Waals surface area contributed by atoms with Crippen LogP contribution in [0.5, 0.6) is 17.2 Å². The minimum absolute atomic E-state index is 0.0173. The summed E-state index contributed by atoms with van der Waals surface area (Å²) in [4.78, 5) is 39.7. The van der Waals surface area contributed by atoms with Crippen LogP contribution in [0.25, 0.3) is 0 Å². The Labute approximate surface area is 279 Å². The maximum absolute atomic E-state index is 13.6. The smallest absolute Gasteiger partial charge is 0.284 e. The van der Waals surface area contributed by atoms with Crippen molar-refractivity contribution in [3.63, 3.8) is 0 Å². The predicted molar refractivity (Wildman–Crippen MR) is 164 cm³/mol. The number of aromatic hydroxyl groups is 2. The first-order valence-electron chi connectivity index (χ1n) is 14.5. The van der Waals surface area contributed by atoms with Crippen molar-refractivity contribution < 1.29 is 80.1 Å². The fourth-order valence-corrected chi connectivity index (χ4v) is 7.13. The van der Waals surface area contributed by atoms with E-state index in [1.165, 1.54) is 25.3 Å². The number of benzene rings is 2. The molecule has 0 radical (unpaired) electrons. The Balaban J connectivity index is 0.000000471. The number of methoxy groups -OCH3 is 1. The second-order valence-electron chi connectivity index (χ2n) is 11.8. The Morgan fingerprint density at radius 3 is 2.16 bits per heavy atom. The first kappa shape index (κ1) is 38.2. The van der Waals surface area contributed by atoms with Gasteiger partial charge in [0.15, 0.2) is 17.9 Å². The van der Waals surface area contributed by atoms with Crippen LogP contribution < -0.4 is 10.5 Å². The van der Waals surface area contributed by atoms with Crippen LogP contribution in [0, 0.1) is 0 Å². The number of nitrogens with two attached hydrogens (primary N) is 1. The Kier molecular flexibility index (Phi) is 10.6. The van der Waals surface area contributed by atoms with E-state index >= 15 is 0 Å². The first-order valence-corrected chi connectivity index (χ1v) is 17.5. The fourth-order valence-electron chi connectivity index (χ4n) is 5.90. The topological polar surface area (TPSA) is 315 Å². The number of phenolic OH excluding ortho intramolecular Hbond substituents is 2. The summed E-state index contributed by atoms with van der Waals surface area (Å²) in [7, 11) is -8.07. The van der Waals surface area contributed by atoms with Gasteiger partial charge in [0.05, 0.1) is 42.1 Å². The molecule has 49 heavy (non-hydrogen) atoms. The summed E-state index contributed by atoms with van der Waals surface area (Å²) in [5.41, 5.74) is 2.37. The van der Waals surface area contributed by atoms with E-state index in [2.05, 4.69) is 0 Å². The van der Waals surface area contributed by atoms with Crippen LogP contribution in [0.2, 0.25) is 0 Å². The van der Waals surface area contributed by atoms with Gasteiger partial charge >= 0.3 is 0 Å². The van der Waals surface area contributed by atoms with Crippen molar-refractivity contribution in [1.29, 1.82) is 0 Å². The van der Waals surface area contributed by atoms with Crippen LogP contribution in [-0.2, 0) is 40.9 Å². The van der Waals surface area contributed by atoms with Gasteiger partial charge in [-0.3, -0.25) is 23.5 Å². The first-order chi connectivity index (χ1) is 22.6. The fraction of sp³-hybridized carbons (Fsp3) is 0.483. The molecule has 9 N–H and O–H groups in total. The highest BCUT2D eigenvalue weighted by atomic mass is 32.3. The number of carbonyl (C=O) groups excluding carboxylic acids is 3. The number of phenols is 2. The largest absolute Gasteiger partial charge is 0.507 e. The summed E-state index contributed by atoms with van der Waals surface area (Å²) in [5, 5.41) is 53.7. The van der Waals surface area contributed by atoms with Gasteiger partial charge in [-0.15, -0.1) is 0 Å². The molecule has 20 heteroatoms. The molecule has 2 aromatic rings. The van der Waals surface area contributed by atoms with Crippen LogP contribution in [0.3, 0.4) is 0 Å². The van der Waals surface area contributed by atoms with Gasteiger partial charge in [-0.1, -0.05) is 12.1 Å². The zero-order chi connectivity index (χ0) is 37.0. The van der Waals surface area contributed by atoms with Crippen molar-refractivity contribution in [2.24, 2.45) is 5.73 Å². The highest BCUT2D eigenvalue weighted by Gasteiger charge is 2.50. The van der Waals surface area contributed by atoms with Gasteiger partial charge < -0.3 is 45.5 Å². The van der Waals surface area contributed by atoms with E-state index < -0.39 is 120 Å². The van der Waals surface area contributed by atoms with Crippen LogP contribution in [0.1, 0.15) is 75.8 Å². The van der Waals surface area contributed by atoms with Crippen LogP contribution in [0.15, 0.2) is 18.2 Å². The van der Waals surface area contributed by atoms with Crippen molar-refractivity contribution in [3.8, 4) is 17.2 Å². The van der Waals surface area contributed by atoms with Crippen LogP contribution in [0.4, 0.5) is 0 Å². The Morgan fingerprint density at radius 2 is 1.65 bits per heavy atom. The quantitative estimate of drug-likeness (QED) is 0.108. The maximum atomic E-state index is 13.6. The van der Waals surface area contributed by atoms with E-state index in [0.29, 0.717) is 6.92 Å². The van der Waals surface area contributed by atoms with Gasteiger partial charge in [0.1, 0.15) is 29.5 Å². The molecule has 2 aliphatic carbocycles. The third kappa shape index (κ3) is 7.06. The zero-order valence-electron chi connectivity index (χ0n) is 26.1. The number of aliphatic hydroxyl groups excluding tert-OH is 2. The molecule has 18 nitrogen and oxygen atoms in total.